The molecule has 0 unspecified atom stereocenters. The maximum absolute atomic E-state index is 11.8. The number of rotatable bonds is 8. The lowest BCUT2D eigenvalue weighted by molar-refractivity contribution is -0.150. The third-order valence-corrected chi connectivity index (χ3v) is 3.74. The van der Waals surface area contributed by atoms with Gasteiger partial charge in [0.25, 0.3) is 0 Å². The molecule has 2 N–H and O–H groups in total. The summed E-state index contributed by atoms with van der Waals surface area (Å²) in [6.45, 7) is 0.991. The van der Waals surface area contributed by atoms with Gasteiger partial charge in [-0.15, -0.1) is 0 Å². The first kappa shape index (κ1) is 15.4. The van der Waals surface area contributed by atoms with Crippen LogP contribution in [0.25, 0.3) is 0 Å². The van der Waals surface area contributed by atoms with Crippen molar-refractivity contribution in [2.75, 3.05) is 19.8 Å². The summed E-state index contributed by atoms with van der Waals surface area (Å²) in [5.74, 6) is 0.367. The lowest BCUT2D eigenvalue weighted by atomic mass is 9.82. The Balaban J connectivity index is 2.03. The molecular weight excluding hydrogens is 232 g/mol. The highest BCUT2D eigenvalue weighted by Gasteiger charge is 2.26. The number of unbranched alkanes of at least 4 members (excludes halogenated alkanes) is 3. The van der Waals surface area contributed by atoms with Crippen LogP contribution in [0.2, 0.25) is 0 Å². The van der Waals surface area contributed by atoms with Crippen molar-refractivity contribution in [2.45, 2.75) is 51.4 Å². The number of aliphatic hydroxyl groups is 2. The van der Waals surface area contributed by atoms with Crippen LogP contribution in [0.15, 0.2) is 0 Å². The molecular formula is C14H26O4. The Morgan fingerprint density at radius 3 is 2.28 bits per heavy atom. The Bertz CT molecular complexity index is 222. The second kappa shape index (κ2) is 9.34. The highest BCUT2D eigenvalue weighted by molar-refractivity contribution is 5.72. The first-order chi connectivity index (χ1) is 8.77. The van der Waals surface area contributed by atoms with Crippen molar-refractivity contribution >= 4 is 5.97 Å². The lowest BCUT2D eigenvalue weighted by Crippen LogP contribution is -2.25. The first-order valence-electron chi connectivity index (χ1n) is 7.16. The lowest BCUT2D eigenvalue weighted by Gasteiger charge is -2.25. The van der Waals surface area contributed by atoms with E-state index in [-0.39, 0.29) is 25.1 Å². The van der Waals surface area contributed by atoms with Crippen LogP contribution in [-0.2, 0) is 9.53 Å². The second-order valence-electron chi connectivity index (χ2n) is 5.21. The van der Waals surface area contributed by atoms with Crippen LogP contribution in [0.5, 0.6) is 0 Å². The van der Waals surface area contributed by atoms with Gasteiger partial charge in [-0.25, -0.2) is 0 Å². The van der Waals surface area contributed by atoms with Crippen molar-refractivity contribution < 1.29 is 19.7 Å². The predicted molar refractivity (Wildman–Crippen MR) is 69.0 cm³/mol. The molecule has 1 aliphatic rings. The standard InChI is InChI=1S/C14H26O4/c15-9-3-1-2-4-10-18-14(17)13-7-5-12(11-16)6-8-13/h12-13,15-16H,1-11H2. The number of carbonyl (C=O) groups excluding carboxylic acids is 1. The summed E-state index contributed by atoms with van der Waals surface area (Å²) >= 11 is 0. The fraction of sp³-hybridized carbons (Fsp3) is 0.929. The van der Waals surface area contributed by atoms with Gasteiger partial charge in [-0.3, -0.25) is 4.79 Å². The zero-order valence-corrected chi connectivity index (χ0v) is 11.1. The van der Waals surface area contributed by atoms with Crippen molar-refractivity contribution in [3.8, 4) is 0 Å². The van der Waals surface area contributed by atoms with Crippen molar-refractivity contribution in [1.29, 1.82) is 0 Å². The molecule has 18 heavy (non-hydrogen) atoms. The minimum Gasteiger partial charge on any atom is -0.465 e. The molecule has 1 fully saturated rings. The number of ether oxygens (including phenoxy) is 1. The summed E-state index contributed by atoms with van der Waals surface area (Å²) in [6, 6.07) is 0. The van der Waals surface area contributed by atoms with Gasteiger partial charge in [0.05, 0.1) is 12.5 Å². The largest absolute Gasteiger partial charge is 0.465 e. The highest BCUT2D eigenvalue weighted by Crippen LogP contribution is 2.29. The first-order valence-corrected chi connectivity index (χ1v) is 7.16. The predicted octanol–water partition coefficient (Wildman–Crippen LogP) is 1.88. The van der Waals surface area contributed by atoms with Crippen LogP contribution in [0.1, 0.15) is 51.4 Å². The zero-order chi connectivity index (χ0) is 13.2. The van der Waals surface area contributed by atoms with Crippen LogP contribution in [-0.4, -0.2) is 36.0 Å². The molecule has 4 nitrogen and oxygen atoms in total. The fourth-order valence-electron chi connectivity index (χ4n) is 2.44. The highest BCUT2D eigenvalue weighted by atomic mass is 16.5. The summed E-state index contributed by atoms with van der Waals surface area (Å²) in [5, 5.41) is 17.6. The molecule has 0 aromatic rings. The van der Waals surface area contributed by atoms with Gasteiger partial charge in [-0.2, -0.15) is 0 Å². The van der Waals surface area contributed by atoms with Crippen molar-refractivity contribution in [1.82, 2.24) is 0 Å². The fourth-order valence-corrected chi connectivity index (χ4v) is 2.44. The van der Waals surface area contributed by atoms with Crippen LogP contribution in [0.3, 0.4) is 0 Å². The minimum atomic E-state index is -0.0615. The molecule has 4 heteroatoms. The molecule has 0 saturated heterocycles. The van der Waals surface area contributed by atoms with Crippen molar-refractivity contribution in [2.24, 2.45) is 11.8 Å². The average molecular weight is 258 g/mol. The number of hydrogen-bond donors (Lipinski definition) is 2. The van der Waals surface area contributed by atoms with E-state index in [1.54, 1.807) is 0 Å². The molecule has 1 aliphatic carbocycles. The van der Waals surface area contributed by atoms with E-state index in [1.807, 2.05) is 0 Å². The van der Waals surface area contributed by atoms with Gasteiger partial charge >= 0.3 is 5.97 Å². The molecule has 106 valence electrons. The molecule has 1 rings (SSSR count). The van der Waals surface area contributed by atoms with E-state index in [2.05, 4.69) is 0 Å². The third-order valence-electron chi connectivity index (χ3n) is 3.74. The Morgan fingerprint density at radius 2 is 1.67 bits per heavy atom. The van der Waals surface area contributed by atoms with Crippen molar-refractivity contribution in [3.63, 3.8) is 0 Å². The number of aliphatic hydroxyl groups excluding tert-OH is 2. The third kappa shape index (κ3) is 5.83. The van der Waals surface area contributed by atoms with Crippen LogP contribution < -0.4 is 0 Å². The Morgan fingerprint density at radius 1 is 1.00 bits per heavy atom. The molecule has 0 radical (unpaired) electrons. The normalized spacial score (nSPS) is 23.9. The molecule has 0 heterocycles. The van der Waals surface area contributed by atoms with E-state index in [4.69, 9.17) is 14.9 Å². The van der Waals surface area contributed by atoms with Crippen LogP contribution in [0, 0.1) is 11.8 Å². The van der Waals surface area contributed by atoms with Gasteiger partial charge < -0.3 is 14.9 Å². The maximum atomic E-state index is 11.8. The van der Waals surface area contributed by atoms with Gasteiger partial charge in [0.2, 0.25) is 0 Å². The summed E-state index contributed by atoms with van der Waals surface area (Å²) in [6.07, 6.45) is 7.31. The summed E-state index contributed by atoms with van der Waals surface area (Å²) in [5.41, 5.74) is 0. The SMILES string of the molecule is O=C(OCCCCCCO)C1CCC(CO)CC1. The van der Waals surface area contributed by atoms with Gasteiger partial charge in [0.15, 0.2) is 0 Å². The molecule has 0 aliphatic heterocycles. The molecule has 0 aromatic heterocycles. The Labute approximate surface area is 109 Å². The monoisotopic (exact) mass is 258 g/mol. The van der Waals surface area contributed by atoms with E-state index in [1.165, 1.54) is 0 Å². The number of hydrogen-bond acceptors (Lipinski definition) is 4. The van der Waals surface area contributed by atoms with Crippen LogP contribution >= 0.6 is 0 Å². The smallest absolute Gasteiger partial charge is 0.308 e. The molecule has 1 saturated carbocycles. The van der Waals surface area contributed by atoms with Gasteiger partial charge in [0, 0.05) is 13.2 Å². The maximum Gasteiger partial charge on any atom is 0.308 e. The Kier molecular flexibility index (Phi) is 8.01. The van der Waals surface area contributed by atoms with E-state index in [0.29, 0.717) is 12.5 Å². The van der Waals surface area contributed by atoms with Gasteiger partial charge in [0.1, 0.15) is 0 Å². The van der Waals surface area contributed by atoms with E-state index in [0.717, 1.165) is 51.4 Å². The molecule has 0 amide bonds. The summed E-state index contributed by atoms with van der Waals surface area (Å²) in [7, 11) is 0. The average Bonchev–Trinajstić information content (AvgIpc) is 2.42. The summed E-state index contributed by atoms with van der Waals surface area (Å²) in [4.78, 5) is 11.8. The van der Waals surface area contributed by atoms with E-state index in [9.17, 15) is 4.79 Å². The Hall–Kier alpha value is -0.610. The quantitative estimate of drug-likeness (QED) is 0.515. The van der Waals surface area contributed by atoms with E-state index >= 15 is 0 Å². The number of carbonyl (C=O) groups is 1. The van der Waals surface area contributed by atoms with E-state index < -0.39 is 0 Å². The van der Waals surface area contributed by atoms with Crippen molar-refractivity contribution in [3.05, 3.63) is 0 Å². The van der Waals surface area contributed by atoms with Gasteiger partial charge in [-0.05, 0) is 50.9 Å². The molecule has 0 atom stereocenters. The summed E-state index contributed by atoms with van der Waals surface area (Å²) < 4.78 is 5.27. The topological polar surface area (TPSA) is 66.8 Å². The molecule has 0 spiro atoms. The second-order valence-corrected chi connectivity index (χ2v) is 5.21. The molecule has 0 aromatic carbocycles. The minimum absolute atomic E-state index is 0.0465. The van der Waals surface area contributed by atoms with Gasteiger partial charge in [-0.1, -0.05) is 6.42 Å². The molecule has 0 bridgehead atoms. The van der Waals surface area contributed by atoms with Crippen LogP contribution in [0.4, 0.5) is 0 Å². The number of esters is 1. The zero-order valence-electron chi connectivity index (χ0n) is 11.1.